The van der Waals surface area contributed by atoms with Crippen LogP contribution in [0, 0.1) is 0 Å². The van der Waals surface area contributed by atoms with Crippen molar-refractivity contribution < 1.29 is 18.9 Å². The Morgan fingerprint density at radius 2 is 1.59 bits per heavy atom. The van der Waals surface area contributed by atoms with Gasteiger partial charge < -0.3 is 18.9 Å². The Morgan fingerprint density at radius 1 is 0.926 bits per heavy atom. The summed E-state index contributed by atoms with van der Waals surface area (Å²) in [6.45, 7) is 3.43. The maximum Gasteiger partial charge on any atom is 0.203 e. The zero-order chi connectivity index (χ0) is 19.1. The van der Waals surface area contributed by atoms with Crippen LogP contribution >= 0.6 is 0 Å². The highest BCUT2D eigenvalue weighted by Crippen LogP contribution is 2.38. The molecular weight excluding hydrogens is 342 g/mol. The molecule has 1 fully saturated rings. The highest BCUT2D eigenvalue weighted by atomic mass is 16.5. The van der Waals surface area contributed by atoms with Gasteiger partial charge in [-0.05, 0) is 36.1 Å². The highest BCUT2D eigenvalue weighted by molar-refractivity contribution is 5.53. The number of hydrogen-bond donors (Lipinski definition) is 0. The third kappa shape index (κ3) is 5.15. The van der Waals surface area contributed by atoms with Gasteiger partial charge in [0.05, 0.1) is 27.4 Å². The summed E-state index contributed by atoms with van der Waals surface area (Å²) in [5.74, 6) is 1.99. The van der Waals surface area contributed by atoms with E-state index in [4.69, 9.17) is 18.9 Å². The van der Waals surface area contributed by atoms with Crippen molar-refractivity contribution in [3.63, 3.8) is 0 Å². The van der Waals surface area contributed by atoms with Gasteiger partial charge in [0.15, 0.2) is 11.5 Å². The third-order valence-corrected chi connectivity index (χ3v) is 4.87. The fraction of sp³-hybridized carbons (Fsp3) is 0.455. The first-order valence-corrected chi connectivity index (χ1v) is 9.40. The first-order valence-electron chi connectivity index (χ1n) is 9.40. The van der Waals surface area contributed by atoms with Gasteiger partial charge in [-0.1, -0.05) is 30.3 Å². The molecule has 0 spiro atoms. The molecule has 2 aromatic carbocycles. The number of nitrogens with zero attached hydrogens (tertiary/aromatic N) is 1. The summed E-state index contributed by atoms with van der Waals surface area (Å²) in [4.78, 5) is 2.42. The predicted molar refractivity (Wildman–Crippen MR) is 106 cm³/mol. The SMILES string of the molecule is COc1cc(CN(Cc2ccccc2)CC2CCCO2)cc(OC)c1OC. The van der Waals surface area contributed by atoms with E-state index in [0.717, 1.165) is 44.6 Å². The van der Waals surface area contributed by atoms with E-state index < -0.39 is 0 Å². The van der Waals surface area contributed by atoms with E-state index in [1.54, 1.807) is 21.3 Å². The van der Waals surface area contributed by atoms with E-state index in [1.807, 2.05) is 18.2 Å². The Morgan fingerprint density at radius 3 is 2.15 bits per heavy atom. The van der Waals surface area contributed by atoms with Crippen molar-refractivity contribution in [1.29, 1.82) is 0 Å². The molecule has 146 valence electrons. The van der Waals surface area contributed by atoms with Crippen molar-refractivity contribution >= 4 is 0 Å². The van der Waals surface area contributed by atoms with Crippen molar-refractivity contribution in [3.05, 3.63) is 53.6 Å². The van der Waals surface area contributed by atoms with Crippen LogP contribution in [0.5, 0.6) is 17.2 Å². The topological polar surface area (TPSA) is 40.2 Å². The Labute approximate surface area is 161 Å². The van der Waals surface area contributed by atoms with Crippen molar-refractivity contribution in [2.24, 2.45) is 0 Å². The molecule has 2 aromatic rings. The molecular formula is C22H29NO4. The summed E-state index contributed by atoms with van der Waals surface area (Å²) in [6.07, 6.45) is 2.57. The lowest BCUT2D eigenvalue weighted by Gasteiger charge is -2.26. The second-order valence-electron chi connectivity index (χ2n) is 6.82. The summed E-state index contributed by atoms with van der Waals surface area (Å²) < 4.78 is 22.3. The lowest BCUT2D eigenvalue weighted by atomic mass is 10.1. The maximum absolute atomic E-state index is 5.87. The third-order valence-electron chi connectivity index (χ3n) is 4.87. The lowest BCUT2D eigenvalue weighted by Crippen LogP contribution is -2.31. The van der Waals surface area contributed by atoms with Crippen LogP contribution in [0.2, 0.25) is 0 Å². The van der Waals surface area contributed by atoms with Crippen LogP contribution in [0.4, 0.5) is 0 Å². The number of rotatable bonds is 9. The number of benzene rings is 2. The fourth-order valence-corrected chi connectivity index (χ4v) is 3.59. The molecule has 0 radical (unpaired) electrons. The number of ether oxygens (including phenoxy) is 4. The second-order valence-corrected chi connectivity index (χ2v) is 6.82. The quantitative estimate of drug-likeness (QED) is 0.669. The van der Waals surface area contributed by atoms with Crippen LogP contribution in [-0.2, 0) is 17.8 Å². The molecule has 1 unspecified atom stereocenters. The van der Waals surface area contributed by atoms with Crippen molar-refractivity contribution in [1.82, 2.24) is 4.90 Å². The van der Waals surface area contributed by atoms with Gasteiger partial charge in [-0.15, -0.1) is 0 Å². The fourth-order valence-electron chi connectivity index (χ4n) is 3.59. The molecule has 1 heterocycles. The highest BCUT2D eigenvalue weighted by Gasteiger charge is 2.21. The minimum Gasteiger partial charge on any atom is -0.493 e. The lowest BCUT2D eigenvalue weighted by molar-refractivity contribution is 0.0678. The summed E-state index contributed by atoms with van der Waals surface area (Å²) in [5, 5.41) is 0. The van der Waals surface area contributed by atoms with Crippen molar-refractivity contribution in [2.45, 2.75) is 32.0 Å². The number of methoxy groups -OCH3 is 3. The summed E-state index contributed by atoms with van der Waals surface area (Å²) in [5.41, 5.74) is 2.42. The molecule has 1 saturated heterocycles. The molecule has 5 heteroatoms. The first-order chi connectivity index (χ1) is 13.2. The minimum atomic E-state index is 0.302. The van der Waals surface area contributed by atoms with E-state index >= 15 is 0 Å². The molecule has 0 aromatic heterocycles. The van der Waals surface area contributed by atoms with Crippen LogP contribution in [0.3, 0.4) is 0 Å². The zero-order valence-corrected chi connectivity index (χ0v) is 16.4. The molecule has 27 heavy (non-hydrogen) atoms. The van der Waals surface area contributed by atoms with E-state index in [1.165, 1.54) is 5.56 Å². The second kappa shape index (κ2) is 9.62. The molecule has 5 nitrogen and oxygen atoms in total. The van der Waals surface area contributed by atoms with Crippen LogP contribution < -0.4 is 14.2 Å². The molecule has 3 rings (SSSR count). The molecule has 0 amide bonds. The van der Waals surface area contributed by atoms with E-state index in [-0.39, 0.29) is 0 Å². The average molecular weight is 371 g/mol. The van der Waals surface area contributed by atoms with Gasteiger partial charge in [0.25, 0.3) is 0 Å². The van der Waals surface area contributed by atoms with Gasteiger partial charge in [0.1, 0.15) is 0 Å². The normalized spacial score (nSPS) is 16.5. The Hall–Kier alpha value is -2.24. The van der Waals surface area contributed by atoms with Gasteiger partial charge >= 0.3 is 0 Å². The zero-order valence-electron chi connectivity index (χ0n) is 16.4. The average Bonchev–Trinajstić information content (AvgIpc) is 3.20. The van der Waals surface area contributed by atoms with E-state index in [9.17, 15) is 0 Å². The number of hydrogen-bond acceptors (Lipinski definition) is 5. The Bertz CT molecular complexity index is 689. The van der Waals surface area contributed by atoms with E-state index in [2.05, 4.69) is 29.2 Å². The summed E-state index contributed by atoms with van der Waals surface area (Å²) in [6, 6.07) is 14.6. The Kier molecular flexibility index (Phi) is 6.96. The van der Waals surface area contributed by atoms with Crippen molar-refractivity contribution in [3.8, 4) is 17.2 Å². The standard InChI is InChI=1S/C22H29NO4/c1-24-20-12-18(13-21(25-2)22(20)26-3)15-23(16-19-10-7-11-27-19)14-17-8-5-4-6-9-17/h4-6,8-9,12-13,19H,7,10-11,14-16H2,1-3H3. The summed E-state index contributed by atoms with van der Waals surface area (Å²) >= 11 is 0. The Balaban J connectivity index is 1.81. The first kappa shape index (κ1) is 19.5. The van der Waals surface area contributed by atoms with Crippen LogP contribution in [-0.4, -0.2) is 45.5 Å². The molecule has 1 atom stereocenters. The molecule has 0 N–H and O–H groups in total. The largest absolute Gasteiger partial charge is 0.493 e. The van der Waals surface area contributed by atoms with Crippen LogP contribution in [0.25, 0.3) is 0 Å². The minimum absolute atomic E-state index is 0.302. The molecule has 0 saturated carbocycles. The van der Waals surface area contributed by atoms with E-state index in [0.29, 0.717) is 23.4 Å². The van der Waals surface area contributed by atoms with Gasteiger partial charge in [0.2, 0.25) is 5.75 Å². The molecule has 0 bridgehead atoms. The molecule has 1 aliphatic heterocycles. The smallest absolute Gasteiger partial charge is 0.203 e. The van der Waals surface area contributed by atoms with Gasteiger partial charge in [-0.3, -0.25) is 4.90 Å². The van der Waals surface area contributed by atoms with Crippen LogP contribution in [0.15, 0.2) is 42.5 Å². The van der Waals surface area contributed by atoms with Gasteiger partial charge in [-0.25, -0.2) is 0 Å². The van der Waals surface area contributed by atoms with Gasteiger partial charge in [-0.2, -0.15) is 0 Å². The monoisotopic (exact) mass is 371 g/mol. The van der Waals surface area contributed by atoms with Gasteiger partial charge in [0, 0.05) is 26.2 Å². The predicted octanol–water partition coefficient (Wildman–Crippen LogP) is 3.89. The van der Waals surface area contributed by atoms with Crippen LogP contribution in [0.1, 0.15) is 24.0 Å². The summed E-state index contributed by atoms with van der Waals surface area (Å²) in [7, 11) is 4.92. The van der Waals surface area contributed by atoms with Crippen molar-refractivity contribution in [2.75, 3.05) is 34.5 Å². The molecule has 1 aliphatic rings. The maximum atomic E-state index is 5.87. The molecule has 0 aliphatic carbocycles.